The minimum absolute atomic E-state index is 0.249. The van der Waals surface area contributed by atoms with Gasteiger partial charge in [-0.15, -0.1) is 0 Å². The van der Waals surface area contributed by atoms with Gasteiger partial charge in [0.05, 0.1) is 6.61 Å². The zero-order chi connectivity index (χ0) is 12.1. The molecule has 0 aliphatic heterocycles. The van der Waals surface area contributed by atoms with Crippen molar-refractivity contribution in [1.82, 2.24) is 0 Å². The van der Waals surface area contributed by atoms with Crippen molar-refractivity contribution in [2.75, 3.05) is 0 Å². The van der Waals surface area contributed by atoms with Gasteiger partial charge >= 0.3 is 0 Å². The van der Waals surface area contributed by atoms with Crippen LogP contribution in [0.2, 0.25) is 0 Å². The van der Waals surface area contributed by atoms with Gasteiger partial charge in [0.15, 0.2) is 0 Å². The zero-order valence-electron chi connectivity index (χ0n) is 9.34. The van der Waals surface area contributed by atoms with Gasteiger partial charge in [0.1, 0.15) is 12.0 Å². The normalized spacial score (nSPS) is 12.4. The van der Waals surface area contributed by atoms with E-state index >= 15 is 0 Å². The lowest BCUT2D eigenvalue weighted by Crippen LogP contribution is -2.14. The molecule has 1 atom stereocenters. The summed E-state index contributed by atoms with van der Waals surface area (Å²) in [7, 11) is 0. The molecule has 2 rings (SSSR count). The second-order valence-corrected chi connectivity index (χ2v) is 3.77. The molecule has 0 amide bonds. The summed E-state index contributed by atoms with van der Waals surface area (Å²) in [6.45, 7) is 0.371. The minimum atomic E-state index is -0.457. The molecule has 0 saturated carbocycles. The Balaban J connectivity index is 1.92. The minimum Gasteiger partial charge on any atom is -0.355 e. The number of benzene rings is 2. The van der Waals surface area contributed by atoms with E-state index in [-0.39, 0.29) is 5.82 Å². The highest BCUT2D eigenvalue weighted by molar-refractivity contribution is 5.17. The van der Waals surface area contributed by atoms with E-state index in [0.29, 0.717) is 6.61 Å². The van der Waals surface area contributed by atoms with E-state index in [1.807, 2.05) is 30.3 Å². The smallest absolute Gasteiger partial charge is 0.132 e. The second kappa shape index (κ2) is 5.57. The Kier molecular flexibility index (Phi) is 3.85. The van der Waals surface area contributed by atoms with Crippen molar-refractivity contribution in [2.24, 2.45) is 5.73 Å². The van der Waals surface area contributed by atoms with Crippen molar-refractivity contribution in [3.63, 3.8) is 0 Å². The molecule has 0 saturated heterocycles. The summed E-state index contributed by atoms with van der Waals surface area (Å²) in [5, 5.41) is 0. The lowest BCUT2D eigenvalue weighted by atomic mass is 10.2. The number of nitrogens with two attached hydrogens (primary N) is 1. The molecule has 2 nitrogen and oxygen atoms in total. The highest BCUT2D eigenvalue weighted by Crippen LogP contribution is 2.13. The fourth-order valence-electron chi connectivity index (χ4n) is 1.51. The third-order valence-electron chi connectivity index (χ3n) is 2.47. The second-order valence-electron chi connectivity index (χ2n) is 3.77. The summed E-state index contributed by atoms with van der Waals surface area (Å²) in [5.41, 5.74) is 7.70. The predicted octanol–water partition coefficient (Wildman–Crippen LogP) is 3.00. The first-order valence-electron chi connectivity index (χ1n) is 5.42. The monoisotopic (exact) mass is 231 g/mol. The maximum atomic E-state index is 12.7. The Morgan fingerprint density at radius 1 is 1.00 bits per heavy atom. The number of halogens is 1. The SMILES string of the molecule is NC(OCc1ccc(F)cc1)c1ccccc1. The van der Waals surface area contributed by atoms with E-state index in [4.69, 9.17) is 10.5 Å². The number of hydrogen-bond acceptors (Lipinski definition) is 2. The standard InChI is InChI=1S/C14H14FNO/c15-13-8-6-11(7-9-13)10-17-14(16)12-4-2-1-3-5-12/h1-9,14H,10,16H2. The molecular formula is C14H14FNO. The van der Waals surface area contributed by atoms with Gasteiger partial charge in [-0.05, 0) is 23.3 Å². The fraction of sp³-hybridized carbons (Fsp3) is 0.143. The maximum Gasteiger partial charge on any atom is 0.132 e. The lowest BCUT2D eigenvalue weighted by molar-refractivity contribution is 0.0441. The summed E-state index contributed by atoms with van der Waals surface area (Å²) >= 11 is 0. The molecule has 0 radical (unpaired) electrons. The van der Waals surface area contributed by atoms with Crippen molar-refractivity contribution in [2.45, 2.75) is 12.8 Å². The van der Waals surface area contributed by atoms with E-state index in [2.05, 4.69) is 0 Å². The first-order chi connectivity index (χ1) is 8.25. The molecule has 0 aliphatic carbocycles. The van der Waals surface area contributed by atoms with E-state index in [1.54, 1.807) is 12.1 Å². The molecule has 0 aromatic heterocycles. The molecule has 0 aliphatic rings. The molecule has 17 heavy (non-hydrogen) atoms. The Bertz CT molecular complexity index is 455. The van der Waals surface area contributed by atoms with Crippen LogP contribution in [0.25, 0.3) is 0 Å². The molecule has 3 heteroatoms. The molecule has 2 aromatic rings. The Morgan fingerprint density at radius 2 is 1.65 bits per heavy atom. The van der Waals surface area contributed by atoms with Crippen molar-refractivity contribution >= 4 is 0 Å². The van der Waals surface area contributed by atoms with Gasteiger partial charge in [0.25, 0.3) is 0 Å². The summed E-state index contributed by atoms with van der Waals surface area (Å²) in [6, 6.07) is 15.8. The molecule has 0 heterocycles. The van der Waals surface area contributed by atoms with Crippen LogP contribution in [0.5, 0.6) is 0 Å². The van der Waals surface area contributed by atoms with Crippen molar-refractivity contribution in [3.8, 4) is 0 Å². The molecule has 1 unspecified atom stereocenters. The van der Waals surface area contributed by atoms with E-state index in [9.17, 15) is 4.39 Å². The van der Waals surface area contributed by atoms with Gasteiger partial charge in [-0.25, -0.2) is 4.39 Å². The van der Waals surface area contributed by atoms with Crippen molar-refractivity contribution in [1.29, 1.82) is 0 Å². The maximum absolute atomic E-state index is 12.7. The zero-order valence-corrected chi connectivity index (χ0v) is 9.34. The average molecular weight is 231 g/mol. The predicted molar refractivity (Wildman–Crippen MR) is 64.6 cm³/mol. The lowest BCUT2D eigenvalue weighted by Gasteiger charge is -2.13. The van der Waals surface area contributed by atoms with E-state index in [0.717, 1.165) is 11.1 Å². The summed E-state index contributed by atoms with van der Waals surface area (Å²) in [5.74, 6) is -0.249. The van der Waals surface area contributed by atoms with Crippen molar-refractivity contribution < 1.29 is 9.13 Å². The highest BCUT2D eigenvalue weighted by atomic mass is 19.1. The third-order valence-corrected chi connectivity index (χ3v) is 2.47. The van der Waals surface area contributed by atoms with E-state index in [1.165, 1.54) is 12.1 Å². The molecule has 0 bridgehead atoms. The van der Waals surface area contributed by atoms with Crippen LogP contribution in [0.3, 0.4) is 0 Å². The molecule has 2 aromatic carbocycles. The van der Waals surface area contributed by atoms with E-state index < -0.39 is 6.23 Å². The van der Waals surface area contributed by atoms with Crippen molar-refractivity contribution in [3.05, 3.63) is 71.5 Å². The number of rotatable bonds is 4. The topological polar surface area (TPSA) is 35.2 Å². The Morgan fingerprint density at radius 3 is 2.29 bits per heavy atom. The van der Waals surface area contributed by atoms with Crippen LogP contribution in [-0.2, 0) is 11.3 Å². The first-order valence-corrected chi connectivity index (χ1v) is 5.42. The van der Waals surface area contributed by atoms with Crippen LogP contribution >= 0.6 is 0 Å². The van der Waals surface area contributed by atoms with Gasteiger partial charge in [-0.3, -0.25) is 0 Å². The molecular weight excluding hydrogens is 217 g/mol. The van der Waals surface area contributed by atoms with Gasteiger partial charge < -0.3 is 10.5 Å². The Labute approximate surface area is 99.8 Å². The number of ether oxygens (including phenoxy) is 1. The van der Waals surface area contributed by atoms with Crippen LogP contribution < -0.4 is 5.73 Å². The third kappa shape index (κ3) is 3.37. The van der Waals surface area contributed by atoms with Crippen LogP contribution in [0.1, 0.15) is 17.4 Å². The molecule has 0 spiro atoms. The summed E-state index contributed by atoms with van der Waals surface area (Å²) in [6.07, 6.45) is -0.457. The summed E-state index contributed by atoms with van der Waals surface area (Å²) < 4.78 is 18.2. The largest absolute Gasteiger partial charge is 0.355 e. The van der Waals surface area contributed by atoms with Gasteiger partial charge in [0, 0.05) is 0 Å². The fourth-order valence-corrected chi connectivity index (χ4v) is 1.51. The molecule has 0 fully saturated rings. The molecule has 88 valence electrons. The van der Waals surface area contributed by atoms with Gasteiger partial charge in [-0.1, -0.05) is 42.5 Å². The van der Waals surface area contributed by atoms with Crippen LogP contribution in [-0.4, -0.2) is 0 Å². The highest BCUT2D eigenvalue weighted by Gasteiger charge is 2.05. The first kappa shape index (κ1) is 11.8. The van der Waals surface area contributed by atoms with Gasteiger partial charge in [0.2, 0.25) is 0 Å². The summed E-state index contributed by atoms with van der Waals surface area (Å²) in [4.78, 5) is 0. The van der Waals surface area contributed by atoms with Crippen LogP contribution in [0.15, 0.2) is 54.6 Å². The quantitative estimate of drug-likeness (QED) is 0.821. The molecule has 2 N–H and O–H groups in total. The van der Waals surface area contributed by atoms with Gasteiger partial charge in [-0.2, -0.15) is 0 Å². The average Bonchev–Trinajstić information content (AvgIpc) is 2.39. The van der Waals surface area contributed by atoms with Crippen LogP contribution in [0.4, 0.5) is 4.39 Å². The Hall–Kier alpha value is -1.71. The number of hydrogen-bond donors (Lipinski definition) is 1. The van der Waals surface area contributed by atoms with Crippen LogP contribution in [0, 0.1) is 5.82 Å².